The van der Waals surface area contributed by atoms with E-state index in [0.29, 0.717) is 16.9 Å². The zero-order valence-electron chi connectivity index (χ0n) is 20.7. The molecule has 0 atom stereocenters. The molecule has 0 saturated carbocycles. The maximum atomic E-state index is 13.0. The lowest BCUT2D eigenvalue weighted by Crippen LogP contribution is -2.37. The highest BCUT2D eigenvalue weighted by atomic mass is 16.4. The summed E-state index contributed by atoms with van der Waals surface area (Å²) in [5, 5.41) is 0. The van der Waals surface area contributed by atoms with Crippen LogP contribution in [0.3, 0.4) is 0 Å². The zero-order chi connectivity index (χ0) is 25.0. The Hall–Kier alpha value is -4.18. The SMILES string of the molecule is CC1(C)c2ccccc2N2c3oc(C=C4C(=O)c5ccccc5C4=O)cc3C(C)(C)c3cccc1c32. The van der Waals surface area contributed by atoms with Crippen LogP contribution in [0.2, 0.25) is 0 Å². The van der Waals surface area contributed by atoms with Crippen molar-refractivity contribution in [3.05, 3.63) is 118 Å². The Morgan fingerprint density at radius 3 is 1.92 bits per heavy atom. The van der Waals surface area contributed by atoms with Gasteiger partial charge in [-0.2, -0.15) is 0 Å². The molecule has 4 nitrogen and oxygen atoms in total. The monoisotopic (exact) mass is 471 g/mol. The summed E-state index contributed by atoms with van der Waals surface area (Å²) in [4.78, 5) is 28.3. The van der Waals surface area contributed by atoms with Gasteiger partial charge in [0.05, 0.1) is 16.9 Å². The average molecular weight is 472 g/mol. The molecular formula is C32H25NO3. The molecule has 176 valence electrons. The predicted molar refractivity (Wildman–Crippen MR) is 141 cm³/mol. The number of hydrogen-bond acceptors (Lipinski definition) is 4. The maximum Gasteiger partial charge on any atom is 0.209 e. The average Bonchev–Trinajstić information content (AvgIpc) is 3.40. The van der Waals surface area contributed by atoms with Crippen LogP contribution < -0.4 is 4.90 Å². The van der Waals surface area contributed by atoms with Crippen LogP contribution >= 0.6 is 0 Å². The molecule has 36 heavy (non-hydrogen) atoms. The number of carbonyl (C=O) groups excluding carboxylic acids is 2. The summed E-state index contributed by atoms with van der Waals surface area (Å²) in [7, 11) is 0. The van der Waals surface area contributed by atoms with Gasteiger partial charge in [-0.25, -0.2) is 0 Å². The number of anilines is 3. The van der Waals surface area contributed by atoms with Crippen LogP contribution in [0.1, 0.15) is 76.4 Å². The minimum Gasteiger partial charge on any atom is -0.440 e. The van der Waals surface area contributed by atoms with Gasteiger partial charge in [-0.1, -0.05) is 88.4 Å². The van der Waals surface area contributed by atoms with Crippen molar-refractivity contribution in [3.63, 3.8) is 0 Å². The van der Waals surface area contributed by atoms with Crippen molar-refractivity contribution in [1.82, 2.24) is 0 Å². The third kappa shape index (κ3) is 2.49. The van der Waals surface area contributed by atoms with Gasteiger partial charge >= 0.3 is 0 Å². The van der Waals surface area contributed by atoms with Gasteiger partial charge in [0.2, 0.25) is 5.88 Å². The highest BCUT2D eigenvalue weighted by Crippen LogP contribution is 2.60. The van der Waals surface area contributed by atoms with Crippen molar-refractivity contribution >= 4 is 34.9 Å². The standard InChI is InChI=1S/C32H25NO3/c1-31(2)22-12-7-8-15-26(22)33-27-23(31)13-9-14-24(27)32(3,4)25-17-18(36-30(25)33)16-21-28(34)19-10-5-6-11-20(19)29(21)35/h5-17H,1-4H3. The van der Waals surface area contributed by atoms with Crippen LogP contribution in [-0.4, -0.2) is 11.6 Å². The molecular weight excluding hydrogens is 446 g/mol. The smallest absolute Gasteiger partial charge is 0.209 e. The lowest BCUT2D eigenvalue weighted by molar-refractivity contribution is 0.0990. The van der Waals surface area contributed by atoms with Crippen LogP contribution in [0.15, 0.2) is 82.8 Å². The molecule has 4 heteroatoms. The third-order valence-corrected chi connectivity index (χ3v) is 8.22. The van der Waals surface area contributed by atoms with E-state index in [9.17, 15) is 9.59 Å². The number of nitrogens with zero attached hydrogens (tertiary/aromatic N) is 1. The van der Waals surface area contributed by atoms with Crippen LogP contribution in [-0.2, 0) is 10.8 Å². The first-order valence-corrected chi connectivity index (χ1v) is 12.3. The molecule has 0 N–H and O–H groups in total. The Balaban J connectivity index is 1.46. The second-order valence-electron chi connectivity index (χ2n) is 10.9. The van der Waals surface area contributed by atoms with E-state index in [1.54, 1.807) is 30.3 Å². The van der Waals surface area contributed by atoms with E-state index in [0.717, 1.165) is 22.8 Å². The second kappa shape index (κ2) is 6.73. The number of furan rings is 1. The third-order valence-electron chi connectivity index (χ3n) is 8.22. The molecule has 0 unspecified atom stereocenters. The minimum absolute atomic E-state index is 0.151. The van der Waals surface area contributed by atoms with Crippen molar-refractivity contribution in [2.75, 3.05) is 4.90 Å². The van der Waals surface area contributed by atoms with Crippen molar-refractivity contribution in [2.24, 2.45) is 0 Å². The molecule has 2 aliphatic heterocycles. The first-order chi connectivity index (χ1) is 17.2. The number of para-hydroxylation sites is 2. The predicted octanol–water partition coefficient (Wildman–Crippen LogP) is 7.49. The topological polar surface area (TPSA) is 50.5 Å². The van der Waals surface area contributed by atoms with Gasteiger partial charge in [0.15, 0.2) is 11.6 Å². The van der Waals surface area contributed by atoms with Gasteiger partial charge in [0.1, 0.15) is 5.76 Å². The van der Waals surface area contributed by atoms with Crippen molar-refractivity contribution < 1.29 is 14.0 Å². The van der Waals surface area contributed by atoms with Gasteiger partial charge in [-0.3, -0.25) is 14.5 Å². The molecule has 0 spiro atoms. The molecule has 3 aromatic carbocycles. The summed E-state index contributed by atoms with van der Waals surface area (Å²) < 4.78 is 6.52. The Morgan fingerprint density at radius 1 is 0.694 bits per heavy atom. The van der Waals surface area contributed by atoms with E-state index in [2.05, 4.69) is 75.1 Å². The molecule has 0 bridgehead atoms. The first-order valence-electron chi connectivity index (χ1n) is 12.3. The quantitative estimate of drug-likeness (QED) is 0.213. The van der Waals surface area contributed by atoms with Gasteiger partial charge in [0, 0.05) is 27.5 Å². The summed E-state index contributed by atoms with van der Waals surface area (Å²) >= 11 is 0. The number of ketones is 2. The van der Waals surface area contributed by atoms with Crippen LogP contribution in [0, 0.1) is 0 Å². The fourth-order valence-corrected chi connectivity index (χ4v) is 6.24. The zero-order valence-corrected chi connectivity index (χ0v) is 20.7. The Labute approximate surface area is 209 Å². The van der Waals surface area contributed by atoms with Crippen molar-refractivity contribution in [1.29, 1.82) is 0 Å². The van der Waals surface area contributed by atoms with E-state index in [-0.39, 0.29) is 28.0 Å². The fraction of sp³-hybridized carbons (Fsp3) is 0.188. The molecule has 3 heterocycles. The number of carbonyl (C=O) groups is 2. The lowest BCUT2D eigenvalue weighted by Gasteiger charge is -2.47. The van der Waals surface area contributed by atoms with Crippen LogP contribution in [0.25, 0.3) is 6.08 Å². The van der Waals surface area contributed by atoms with Gasteiger partial charge in [-0.05, 0) is 34.9 Å². The van der Waals surface area contributed by atoms with E-state index in [1.165, 1.54) is 16.7 Å². The highest BCUT2D eigenvalue weighted by Gasteiger charge is 2.47. The van der Waals surface area contributed by atoms with Crippen molar-refractivity contribution in [2.45, 2.75) is 38.5 Å². The Bertz CT molecular complexity index is 1640. The number of allylic oxidation sites excluding steroid dienone is 1. The molecule has 3 aliphatic rings. The molecule has 0 amide bonds. The summed E-state index contributed by atoms with van der Waals surface area (Å²) in [5.74, 6) is 0.749. The fourth-order valence-electron chi connectivity index (χ4n) is 6.24. The normalized spacial score (nSPS) is 17.9. The van der Waals surface area contributed by atoms with Crippen LogP contribution in [0.5, 0.6) is 0 Å². The number of Topliss-reactive ketones (excluding diaryl/α,β-unsaturated/α-hetero) is 2. The van der Waals surface area contributed by atoms with Gasteiger partial charge in [-0.15, -0.1) is 0 Å². The lowest BCUT2D eigenvalue weighted by atomic mass is 9.67. The summed E-state index contributed by atoms with van der Waals surface area (Å²) in [5.41, 5.74) is 7.56. The summed E-state index contributed by atoms with van der Waals surface area (Å²) in [6, 6.07) is 24.0. The number of rotatable bonds is 1. The minimum atomic E-state index is -0.327. The number of hydrogen-bond donors (Lipinski definition) is 0. The molecule has 7 rings (SSSR count). The van der Waals surface area contributed by atoms with Crippen molar-refractivity contribution in [3.8, 4) is 0 Å². The van der Waals surface area contributed by atoms with Crippen LogP contribution in [0.4, 0.5) is 17.3 Å². The second-order valence-corrected chi connectivity index (χ2v) is 10.9. The molecule has 1 aromatic heterocycles. The maximum absolute atomic E-state index is 13.0. The van der Waals surface area contributed by atoms with Gasteiger partial charge in [0.25, 0.3) is 0 Å². The van der Waals surface area contributed by atoms with E-state index in [4.69, 9.17) is 4.42 Å². The number of benzene rings is 3. The Kier molecular flexibility index (Phi) is 3.95. The molecule has 4 aromatic rings. The highest BCUT2D eigenvalue weighted by molar-refractivity contribution is 6.41. The molecule has 1 aliphatic carbocycles. The van der Waals surface area contributed by atoms with Gasteiger partial charge < -0.3 is 4.42 Å². The van der Waals surface area contributed by atoms with E-state index >= 15 is 0 Å². The number of fused-ring (bicyclic) bond motifs is 5. The molecule has 0 fully saturated rings. The summed E-state index contributed by atoms with van der Waals surface area (Å²) in [6.07, 6.45) is 1.62. The first kappa shape index (κ1) is 21.1. The largest absolute Gasteiger partial charge is 0.440 e. The summed E-state index contributed by atoms with van der Waals surface area (Å²) in [6.45, 7) is 8.96. The molecule has 0 saturated heterocycles. The molecule has 0 radical (unpaired) electrons. The Morgan fingerprint density at radius 2 is 1.25 bits per heavy atom. The van der Waals surface area contributed by atoms with E-state index < -0.39 is 0 Å². The van der Waals surface area contributed by atoms with E-state index in [1.807, 2.05) is 6.07 Å².